The first-order chi connectivity index (χ1) is 9.62. The number of benzene rings is 1. The number of aryl methyl sites for hydroxylation is 2. The van der Waals surface area contributed by atoms with Gasteiger partial charge in [0.2, 0.25) is 0 Å². The number of rotatable bonds is 5. The standard InChI is InChI=1S/C17H24N2O/c1-5-13-9-8-10-14-16(13)18-12(4)15(17(14)20)11-19(6-2)7-3/h8-10H,5-7,11H2,1-4H3,(H,18,20)/p+1. The molecule has 1 heterocycles. The van der Waals surface area contributed by atoms with Gasteiger partial charge in [-0.05, 0) is 38.8 Å². The summed E-state index contributed by atoms with van der Waals surface area (Å²) in [6.45, 7) is 11.4. The molecule has 3 heteroatoms. The summed E-state index contributed by atoms with van der Waals surface area (Å²) < 4.78 is 0. The van der Waals surface area contributed by atoms with Gasteiger partial charge in [-0.1, -0.05) is 19.1 Å². The number of hydrogen-bond acceptors (Lipinski definition) is 1. The Hall–Kier alpha value is -1.61. The van der Waals surface area contributed by atoms with Crippen molar-refractivity contribution in [3.63, 3.8) is 0 Å². The summed E-state index contributed by atoms with van der Waals surface area (Å²) in [5, 5.41) is 0.830. The lowest BCUT2D eigenvalue weighted by atomic mass is 10.0. The maximum absolute atomic E-state index is 12.8. The summed E-state index contributed by atoms with van der Waals surface area (Å²) in [4.78, 5) is 17.6. The second kappa shape index (κ2) is 6.23. The van der Waals surface area contributed by atoms with Crippen LogP contribution in [0.5, 0.6) is 0 Å². The number of quaternary nitrogens is 1. The fourth-order valence-corrected chi connectivity index (χ4v) is 2.79. The molecule has 0 aliphatic carbocycles. The molecule has 2 rings (SSSR count). The number of pyridine rings is 1. The Labute approximate surface area is 120 Å². The summed E-state index contributed by atoms with van der Waals surface area (Å²) >= 11 is 0. The van der Waals surface area contributed by atoms with Crippen LogP contribution in [0, 0.1) is 6.92 Å². The normalized spacial score (nSPS) is 11.4. The number of para-hydroxylation sites is 1. The molecule has 0 aliphatic rings. The molecule has 20 heavy (non-hydrogen) atoms. The minimum Gasteiger partial charge on any atom is -0.358 e. The summed E-state index contributed by atoms with van der Waals surface area (Å²) in [6.07, 6.45) is 0.938. The van der Waals surface area contributed by atoms with Crippen LogP contribution in [0.3, 0.4) is 0 Å². The monoisotopic (exact) mass is 273 g/mol. The number of nitrogens with one attached hydrogen (secondary N) is 2. The van der Waals surface area contributed by atoms with Crippen LogP contribution < -0.4 is 10.3 Å². The quantitative estimate of drug-likeness (QED) is 0.857. The number of fused-ring (bicyclic) bond motifs is 1. The Kier molecular flexibility index (Phi) is 4.61. The number of aromatic nitrogens is 1. The van der Waals surface area contributed by atoms with Crippen LogP contribution in [0.4, 0.5) is 0 Å². The van der Waals surface area contributed by atoms with Crippen molar-refractivity contribution in [3.8, 4) is 0 Å². The summed E-state index contributed by atoms with van der Waals surface area (Å²) in [5.74, 6) is 0. The lowest BCUT2D eigenvalue weighted by Crippen LogP contribution is -3.10. The minimum atomic E-state index is 0.200. The van der Waals surface area contributed by atoms with Gasteiger partial charge in [0, 0.05) is 11.1 Å². The van der Waals surface area contributed by atoms with Crippen molar-refractivity contribution in [1.82, 2.24) is 4.98 Å². The largest absolute Gasteiger partial charge is 0.358 e. The molecule has 1 aromatic carbocycles. The van der Waals surface area contributed by atoms with Crippen molar-refractivity contribution in [2.24, 2.45) is 0 Å². The van der Waals surface area contributed by atoms with Crippen LogP contribution in [0.25, 0.3) is 10.9 Å². The van der Waals surface area contributed by atoms with Crippen molar-refractivity contribution in [2.45, 2.75) is 40.7 Å². The van der Waals surface area contributed by atoms with E-state index in [1.165, 1.54) is 10.5 Å². The van der Waals surface area contributed by atoms with Crippen molar-refractivity contribution >= 4 is 10.9 Å². The zero-order chi connectivity index (χ0) is 14.7. The Bertz CT molecular complexity index is 654. The SMILES string of the molecule is CCc1cccc2c(=O)c(C[NH+](CC)CC)c(C)[nH]c12. The topological polar surface area (TPSA) is 37.3 Å². The van der Waals surface area contributed by atoms with E-state index < -0.39 is 0 Å². The van der Waals surface area contributed by atoms with E-state index >= 15 is 0 Å². The molecule has 0 saturated heterocycles. The second-order valence-electron chi connectivity index (χ2n) is 5.38. The first-order valence-electron chi connectivity index (χ1n) is 7.59. The Morgan fingerprint density at radius 3 is 2.45 bits per heavy atom. The summed E-state index contributed by atoms with van der Waals surface area (Å²) in [6, 6.07) is 6.01. The van der Waals surface area contributed by atoms with Crippen LogP contribution in [-0.2, 0) is 13.0 Å². The summed E-state index contributed by atoms with van der Waals surface area (Å²) in [7, 11) is 0. The number of H-pyrrole nitrogens is 1. The van der Waals surface area contributed by atoms with Gasteiger partial charge in [0.15, 0.2) is 5.43 Å². The van der Waals surface area contributed by atoms with Gasteiger partial charge < -0.3 is 9.88 Å². The van der Waals surface area contributed by atoms with E-state index in [1.54, 1.807) is 0 Å². The molecule has 1 aromatic heterocycles. The molecule has 2 N–H and O–H groups in total. The van der Waals surface area contributed by atoms with E-state index in [0.717, 1.165) is 48.2 Å². The molecule has 108 valence electrons. The van der Waals surface area contributed by atoms with Crippen LogP contribution >= 0.6 is 0 Å². The third kappa shape index (κ3) is 2.63. The first kappa shape index (κ1) is 14.8. The highest BCUT2D eigenvalue weighted by Gasteiger charge is 2.15. The minimum absolute atomic E-state index is 0.200. The second-order valence-corrected chi connectivity index (χ2v) is 5.38. The number of aromatic amines is 1. The highest BCUT2D eigenvalue weighted by Crippen LogP contribution is 2.16. The van der Waals surface area contributed by atoms with E-state index in [9.17, 15) is 4.79 Å². The third-order valence-corrected chi connectivity index (χ3v) is 4.24. The predicted molar refractivity (Wildman–Crippen MR) is 84.4 cm³/mol. The molecule has 0 radical (unpaired) electrons. The molecule has 0 aliphatic heterocycles. The fourth-order valence-electron chi connectivity index (χ4n) is 2.79. The molecule has 0 spiro atoms. The fraction of sp³-hybridized carbons (Fsp3) is 0.471. The lowest BCUT2D eigenvalue weighted by Gasteiger charge is -2.17. The van der Waals surface area contributed by atoms with E-state index in [1.807, 2.05) is 19.1 Å². The Morgan fingerprint density at radius 2 is 1.85 bits per heavy atom. The van der Waals surface area contributed by atoms with E-state index in [-0.39, 0.29) is 5.43 Å². The summed E-state index contributed by atoms with van der Waals surface area (Å²) in [5.41, 5.74) is 4.37. The zero-order valence-corrected chi connectivity index (χ0v) is 13.0. The van der Waals surface area contributed by atoms with Gasteiger partial charge in [-0.2, -0.15) is 0 Å². The Balaban J connectivity index is 2.61. The lowest BCUT2D eigenvalue weighted by molar-refractivity contribution is -0.910. The van der Waals surface area contributed by atoms with Gasteiger partial charge in [-0.25, -0.2) is 0 Å². The zero-order valence-electron chi connectivity index (χ0n) is 13.0. The molecule has 0 amide bonds. The molecule has 0 bridgehead atoms. The van der Waals surface area contributed by atoms with Crippen LogP contribution in [-0.4, -0.2) is 18.1 Å². The van der Waals surface area contributed by atoms with Gasteiger partial charge in [0.25, 0.3) is 0 Å². The maximum atomic E-state index is 12.8. The van der Waals surface area contributed by atoms with E-state index in [0.29, 0.717) is 0 Å². The molecular weight excluding hydrogens is 248 g/mol. The highest BCUT2D eigenvalue weighted by molar-refractivity contribution is 5.82. The molecular formula is C17H25N2O+. The molecule has 3 nitrogen and oxygen atoms in total. The van der Waals surface area contributed by atoms with Gasteiger partial charge in [-0.3, -0.25) is 4.79 Å². The average Bonchev–Trinajstić information content (AvgIpc) is 2.47. The molecule has 0 unspecified atom stereocenters. The molecule has 0 fully saturated rings. The van der Waals surface area contributed by atoms with Crippen molar-refractivity contribution in [3.05, 3.63) is 45.2 Å². The van der Waals surface area contributed by atoms with E-state index in [2.05, 4.69) is 31.8 Å². The van der Waals surface area contributed by atoms with Gasteiger partial charge in [0.05, 0.1) is 24.2 Å². The maximum Gasteiger partial charge on any atom is 0.198 e. The Morgan fingerprint density at radius 1 is 1.15 bits per heavy atom. The average molecular weight is 273 g/mol. The highest BCUT2D eigenvalue weighted by atomic mass is 16.1. The van der Waals surface area contributed by atoms with Crippen LogP contribution in [0.2, 0.25) is 0 Å². The molecule has 0 atom stereocenters. The smallest absolute Gasteiger partial charge is 0.198 e. The number of hydrogen-bond donors (Lipinski definition) is 2. The van der Waals surface area contributed by atoms with Gasteiger partial charge in [0.1, 0.15) is 6.54 Å². The molecule has 2 aromatic rings. The van der Waals surface area contributed by atoms with E-state index in [4.69, 9.17) is 0 Å². The van der Waals surface area contributed by atoms with Gasteiger partial charge in [-0.15, -0.1) is 0 Å². The van der Waals surface area contributed by atoms with Crippen LogP contribution in [0.15, 0.2) is 23.0 Å². The molecule has 0 saturated carbocycles. The van der Waals surface area contributed by atoms with Crippen LogP contribution in [0.1, 0.15) is 37.6 Å². The van der Waals surface area contributed by atoms with Gasteiger partial charge >= 0.3 is 0 Å². The van der Waals surface area contributed by atoms with Crippen molar-refractivity contribution in [1.29, 1.82) is 0 Å². The van der Waals surface area contributed by atoms with Crippen molar-refractivity contribution in [2.75, 3.05) is 13.1 Å². The third-order valence-electron chi connectivity index (χ3n) is 4.24. The first-order valence-corrected chi connectivity index (χ1v) is 7.59. The predicted octanol–water partition coefficient (Wildman–Crippen LogP) is 1.82. The van der Waals surface area contributed by atoms with Crippen molar-refractivity contribution < 1.29 is 4.90 Å².